The van der Waals surface area contributed by atoms with E-state index < -0.39 is 8.07 Å². The molecular weight excluding hydrogens is 252 g/mol. The summed E-state index contributed by atoms with van der Waals surface area (Å²) in [5.41, 5.74) is 0.716. The quantitative estimate of drug-likeness (QED) is 0.624. The van der Waals surface area contributed by atoms with Gasteiger partial charge in [-0.1, -0.05) is 55.0 Å². The van der Waals surface area contributed by atoms with Crippen molar-refractivity contribution in [2.75, 3.05) is 0 Å². The lowest BCUT2D eigenvalue weighted by atomic mass is 9.97. The summed E-state index contributed by atoms with van der Waals surface area (Å²) < 4.78 is 5.44. The predicted octanol–water partition coefficient (Wildman–Crippen LogP) is 3.48. The van der Waals surface area contributed by atoms with Crippen molar-refractivity contribution >= 4 is 19.2 Å². The fourth-order valence-corrected chi connectivity index (χ4v) is 6.55. The zero-order chi connectivity index (χ0) is 13.9. The maximum Gasteiger partial charge on any atom is 0.302 e. The molecule has 1 aromatic rings. The van der Waals surface area contributed by atoms with Crippen LogP contribution < -0.4 is 5.19 Å². The second-order valence-electron chi connectivity index (χ2n) is 6.18. The predicted molar refractivity (Wildman–Crippen MR) is 81.3 cm³/mol. The molecule has 1 aliphatic rings. The lowest BCUT2D eigenvalue weighted by molar-refractivity contribution is -0.147. The Kier molecular flexibility index (Phi) is 4.45. The molecule has 2 rings (SSSR count). The van der Waals surface area contributed by atoms with Crippen molar-refractivity contribution in [3.63, 3.8) is 0 Å². The van der Waals surface area contributed by atoms with Gasteiger partial charge < -0.3 is 4.74 Å². The summed E-state index contributed by atoms with van der Waals surface area (Å²) in [6, 6.07) is 10.9. The molecule has 0 spiro atoms. The molecule has 1 aromatic carbocycles. The fourth-order valence-electron chi connectivity index (χ4n) is 3.25. The van der Waals surface area contributed by atoms with Gasteiger partial charge in [0.2, 0.25) is 0 Å². The second-order valence-corrected chi connectivity index (χ2v) is 11.0. The van der Waals surface area contributed by atoms with Crippen LogP contribution in [0.2, 0.25) is 18.6 Å². The summed E-state index contributed by atoms with van der Waals surface area (Å²) >= 11 is 0. The van der Waals surface area contributed by atoms with Gasteiger partial charge in [0.1, 0.15) is 6.10 Å². The van der Waals surface area contributed by atoms with E-state index in [-0.39, 0.29) is 12.1 Å². The van der Waals surface area contributed by atoms with Gasteiger partial charge in [-0.2, -0.15) is 0 Å². The Morgan fingerprint density at radius 3 is 2.53 bits per heavy atom. The Balaban J connectivity index is 2.10. The molecule has 0 heterocycles. The topological polar surface area (TPSA) is 26.3 Å². The van der Waals surface area contributed by atoms with E-state index in [9.17, 15) is 4.79 Å². The summed E-state index contributed by atoms with van der Waals surface area (Å²) in [7, 11) is -1.46. The van der Waals surface area contributed by atoms with Gasteiger partial charge in [-0.25, -0.2) is 0 Å². The number of benzene rings is 1. The van der Waals surface area contributed by atoms with Crippen LogP contribution in [-0.4, -0.2) is 20.1 Å². The SMILES string of the molecule is CC(=O)O[C@@H]1CCC[C@H]([Si](C)(C)c2ccccc2)C1. The highest BCUT2D eigenvalue weighted by Crippen LogP contribution is 2.38. The Labute approximate surface area is 117 Å². The van der Waals surface area contributed by atoms with Crippen LogP contribution in [-0.2, 0) is 9.53 Å². The summed E-state index contributed by atoms with van der Waals surface area (Å²) in [6.45, 7) is 6.41. The highest BCUT2D eigenvalue weighted by molar-refractivity contribution is 6.91. The zero-order valence-electron chi connectivity index (χ0n) is 12.2. The molecule has 0 aliphatic heterocycles. The van der Waals surface area contributed by atoms with Crippen molar-refractivity contribution in [2.45, 2.75) is 57.3 Å². The van der Waals surface area contributed by atoms with Gasteiger partial charge >= 0.3 is 5.97 Å². The summed E-state index contributed by atoms with van der Waals surface area (Å²) in [5, 5.41) is 1.52. The molecule has 0 saturated heterocycles. The Morgan fingerprint density at radius 2 is 1.89 bits per heavy atom. The Bertz CT molecular complexity index is 428. The van der Waals surface area contributed by atoms with Gasteiger partial charge in [0, 0.05) is 6.92 Å². The third-order valence-corrected chi connectivity index (χ3v) is 8.88. The molecule has 104 valence electrons. The van der Waals surface area contributed by atoms with E-state index in [1.807, 2.05) is 0 Å². The average molecular weight is 276 g/mol. The molecule has 0 radical (unpaired) electrons. The van der Waals surface area contributed by atoms with E-state index in [4.69, 9.17) is 4.74 Å². The molecule has 0 aromatic heterocycles. The van der Waals surface area contributed by atoms with E-state index in [1.54, 1.807) is 0 Å². The van der Waals surface area contributed by atoms with Gasteiger partial charge in [-0.05, 0) is 24.8 Å². The van der Waals surface area contributed by atoms with Crippen molar-refractivity contribution in [1.82, 2.24) is 0 Å². The number of hydrogen-bond acceptors (Lipinski definition) is 2. The molecule has 2 nitrogen and oxygen atoms in total. The number of ether oxygens (including phenoxy) is 1. The molecule has 0 bridgehead atoms. The van der Waals surface area contributed by atoms with Gasteiger partial charge in [0.25, 0.3) is 0 Å². The van der Waals surface area contributed by atoms with Crippen molar-refractivity contribution in [1.29, 1.82) is 0 Å². The molecule has 0 amide bonds. The number of hydrogen-bond donors (Lipinski definition) is 0. The lowest BCUT2D eigenvalue weighted by Crippen LogP contribution is -2.48. The molecular formula is C16H24O2Si. The van der Waals surface area contributed by atoms with Crippen LogP contribution >= 0.6 is 0 Å². The summed E-state index contributed by atoms with van der Waals surface area (Å²) in [5.74, 6) is -0.134. The van der Waals surface area contributed by atoms with Crippen molar-refractivity contribution in [3.8, 4) is 0 Å². The van der Waals surface area contributed by atoms with Crippen LogP contribution in [0.15, 0.2) is 30.3 Å². The van der Waals surface area contributed by atoms with Crippen molar-refractivity contribution in [3.05, 3.63) is 30.3 Å². The first-order chi connectivity index (χ1) is 9.00. The molecule has 3 heteroatoms. The second kappa shape index (κ2) is 5.91. The molecule has 1 saturated carbocycles. The van der Waals surface area contributed by atoms with Crippen LogP contribution in [0.5, 0.6) is 0 Å². The third kappa shape index (κ3) is 3.47. The summed E-state index contributed by atoms with van der Waals surface area (Å²) in [6.07, 6.45) is 4.70. The normalized spacial score (nSPS) is 23.9. The molecule has 1 aliphatic carbocycles. The fraction of sp³-hybridized carbons (Fsp3) is 0.562. The monoisotopic (exact) mass is 276 g/mol. The molecule has 2 atom stereocenters. The average Bonchev–Trinajstić information content (AvgIpc) is 2.39. The van der Waals surface area contributed by atoms with Crippen molar-refractivity contribution < 1.29 is 9.53 Å². The first-order valence-electron chi connectivity index (χ1n) is 7.23. The van der Waals surface area contributed by atoms with E-state index in [1.165, 1.54) is 25.0 Å². The van der Waals surface area contributed by atoms with E-state index in [0.717, 1.165) is 12.8 Å². The van der Waals surface area contributed by atoms with Crippen LogP contribution in [0, 0.1) is 0 Å². The minimum atomic E-state index is -1.46. The number of rotatable bonds is 3. The minimum absolute atomic E-state index is 0.134. The first kappa shape index (κ1) is 14.3. The summed E-state index contributed by atoms with van der Waals surface area (Å²) in [4.78, 5) is 11.1. The third-order valence-electron chi connectivity index (χ3n) is 4.50. The van der Waals surface area contributed by atoms with E-state index in [0.29, 0.717) is 5.54 Å². The van der Waals surface area contributed by atoms with E-state index in [2.05, 4.69) is 43.4 Å². The zero-order valence-corrected chi connectivity index (χ0v) is 13.2. The van der Waals surface area contributed by atoms with Crippen LogP contribution in [0.1, 0.15) is 32.6 Å². The largest absolute Gasteiger partial charge is 0.463 e. The number of esters is 1. The highest BCUT2D eigenvalue weighted by Gasteiger charge is 2.37. The molecule has 19 heavy (non-hydrogen) atoms. The maximum atomic E-state index is 11.1. The van der Waals surface area contributed by atoms with Crippen molar-refractivity contribution in [2.24, 2.45) is 0 Å². The number of carbonyl (C=O) groups is 1. The van der Waals surface area contributed by atoms with Gasteiger partial charge in [0.15, 0.2) is 0 Å². The molecule has 0 unspecified atom stereocenters. The molecule has 0 N–H and O–H groups in total. The van der Waals surface area contributed by atoms with Gasteiger partial charge in [-0.15, -0.1) is 0 Å². The molecule has 1 fully saturated rings. The minimum Gasteiger partial charge on any atom is -0.463 e. The highest BCUT2D eigenvalue weighted by atomic mass is 28.3. The van der Waals surface area contributed by atoms with Gasteiger partial charge in [0.05, 0.1) is 8.07 Å². The standard InChI is InChI=1S/C16H24O2Si/c1-13(17)18-14-8-7-11-16(12-14)19(2,3)15-9-5-4-6-10-15/h4-6,9-10,14,16H,7-8,11-12H2,1-3H3/t14-,16+/m1/s1. The van der Waals surface area contributed by atoms with E-state index >= 15 is 0 Å². The van der Waals surface area contributed by atoms with Gasteiger partial charge in [-0.3, -0.25) is 4.79 Å². The Morgan fingerprint density at radius 1 is 1.21 bits per heavy atom. The maximum absolute atomic E-state index is 11.1. The lowest BCUT2D eigenvalue weighted by Gasteiger charge is -2.38. The first-order valence-corrected chi connectivity index (χ1v) is 10.3. The van der Waals surface area contributed by atoms with Crippen LogP contribution in [0.3, 0.4) is 0 Å². The Hall–Kier alpha value is -1.09. The van der Waals surface area contributed by atoms with Crippen LogP contribution in [0.4, 0.5) is 0 Å². The number of carbonyl (C=O) groups excluding carboxylic acids is 1. The van der Waals surface area contributed by atoms with Crippen LogP contribution in [0.25, 0.3) is 0 Å². The smallest absolute Gasteiger partial charge is 0.302 e.